The van der Waals surface area contributed by atoms with Crippen molar-refractivity contribution in [3.63, 3.8) is 0 Å². The lowest BCUT2D eigenvalue weighted by Crippen LogP contribution is -2.47. The van der Waals surface area contributed by atoms with Gasteiger partial charge in [0.1, 0.15) is 0 Å². The Bertz CT molecular complexity index is 506. The van der Waals surface area contributed by atoms with Gasteiger partial charge < -0.3 is 14.4 Å². The van der Waals surface area contributed by atoms with Crippen molar-refractivity contribution < 1.29 is 14.3 Å². The Labute approximate surface area is 113 Å². The average Bonchev–Trinajstić information content (AvgIpc) is 2.65. The first-order valence-electron chi connectivity index (χ1n) is 6.90. The van der Waals surface area contributed by atoms with E-state index in [0.717, 1.165) is 29.7 Å². The van der Waals surface area contributed by atoms with Gasteiger partial charge in [0, 0.05) is 12.1 Å². The van der Waals surface area contributed by atoms with E-state index < -0.39 is 5.79 Å². The summed E-state index contributed by atoms with van der Waals surface area (Å²) in [7, 11) is 0. The fourth-order valence-corrected chi connectivity index (χ4v) is 2.93. The lowest BCUT2D eigenvalue weighted by Gasteiger charge is -2.32. The van der Waals surface area contributed by atoms with Crippen LogP contribution in [0.25, 0.3) is 0 Å². The molecule has 3 rings (SSSR count). The predicted octanol–water partition coefficient (Wildman–Crippen LogP) is 2.34. The van der Waals surface area contributed by atoms with Crippen LogP contribution in [-0.2, 0) is 20.1 Å². The van der Waals surface area contributed by atoms with E-state index in [1.54, 1.807) is 0 Å². The van der Waals surface area contributed by atoms with Gasteiger partial charge in [-0.1, -0.05) is 25.1 Å². The summed E-state index contributed by atoms with van der Waals surface area (Å²) < 4.78 is 11.6. The van der Waals surface area contributed by atoms with Crippen LogP contribution in [0.4, 0.5) is 5.69 Å². The molecule has 0 unspecified atom stereocenters. The summed E-state index contributed by atoms with van der Waals surface area (Å²) in [5.74, 6) is -1.26. The highest BCUT2D eigenvalue weighted by atomic mass is 16.7. The van der Waals surface area contributed by atoms with Crippen molar-refractivity contribution >= 4 is 11.6 Å². The van der Waals surface area contributed by atoms with Crippen LogP contribution in [0.15, 0.2) is 18.2 Å². The summed E-state index contributed by atoms with van der Waals surface area (Å²) in [5.41, 5.74) is 2.93. The normalized spacial score (nSPS) is 20.9. The second-order valence-electron chi connectivity index (χ2n) is 5.09. The molecular weight excluding hydrogens is 242 g/mol. The van der Waals surface area contributed by atoms with Gasteiger partial charge in [0.15, 0.2) is 0 Å². The first kappa shape index (κ1) is 12.6. The van der Waals surface area contributed by atoms with Crippen LogP contribution < -0.4 is 4.90 Å². The third-order valence-electron chi connectivity index (χ3n) is 3.74. The molecule has 1 fully saturated rings. The lowest BCUT2D eigenvalue weighted by molar-refractivity contribution is -0.256. The summed E-state index contributed by atoms with van der Waals surface area (Å²) in [6.45, 7) is 5.93. The number of carbonyl (C=O) groups excluding carboxylic acids is 1. The third-order valence-corrected chi connectivity index (χ3v) is 3.74. The van der Waals surface area contributed by atoms with Crippen LogP contribution in [0.2, 0.25) is 0 Å². The van der Waals surface area contributed by atoms with E-state index in [1.165, 1.54) is 0 Å². The van der Waals surface area contributed by atoms with E-state index >= 15 is 0 Å². The molecule has 0 bridgehead atoms. The van der Waals surface area contributed by atoms with Crippen molar-refractivity contribution in [3.05, 3.63) is 29.3 Å². The van der Waals surface area contributed by atoms with Crippen molar-refractivity contribution in [2.24, 2.45) is 0 Å². The Hall–Kier alpha value is -1.39. The maximum absolute atomic E-state index is 12.8. The number of benzene rings is 1. The Balaban J connectivity index is 2.14. The third kappa shape index (κ3) is 1.70. The van der Waals surface area contributed by atoms with E-state index in [9.17, 15) is 4.79 Å². The molecule has 0 saturated carbocycles. The maximum atomic E-state index is 12.8. The van der Waals surface area contributed by atoms with Gasteiger partial charge in [-0.15, -0.1) is 0 Å². The number of nitrogens with zero attached hydrogens (tertiary/aromatic N) is 1. The summed E-state index contributed by atoms with van der Waals surface area (Å²) in [4.78, 5) is 14.6. The fraction of sp³-hybridized carbons (Fsp3) is 0.533. The van der Waals surface area contributed by atoms with E-state index in [-0.39, 0.29) is 5.91 Å². The molecule has 1 amide bonds. The molecule has 19 heavy (non-hydrogen) atoms. The largest absolute Gasteiger partial charge is 0.338 e. The number of carbonyl (C=O) groups is 1. The van der Waals surface area contributed by atoms with Crippen LogP contribution in [0.3, 0.4) is 0 Å². The number of rotatable bonds is 2. The molecule has 0 aromatic heterocycles. The zero-order chi connectivity index (χ0) is 13.5. The van der Waals surface area contributed by atoms with Gasteiger partial charge in [0.25, 0.3) is 11.7 Å². The number of ether oxygens (including phenoxy) is 2. The Morgan fingerprint density at radius 1 is 1.32 bits per heavy atom. The summed E-state index contributed by atoms with van der Waals surface area (Å²) in [6.07, 6.45) is 1.75. The molecular formula is C15H19NO3. The molecule has 0 N–H and O–H groups in total. The summed E-state index contributed by atoms with van der Waals surface area (Å²) >= 11 is 0. The zero-order valence-corrected chi connectivity index (χ0v) is 11.4. The van der Waals surface area contributed by atoms with E-state index in [0.29, 0.717) is 19.8 Å². The fourth-order valence-electron chi connectivity index (χ4n) is 2.93. The van der Waals surface area contributed by atoms with E-state index in [4.69, 9.17) is 9.47 Å². The van der Waals surface area contributed by atoms with Crippen molar-refractivity contribution in [3.8, 4) is 0 Å². The van der Waals surface area contributed by atoms with Gasteiger partial charge in [0.2, 0.25) is 0 Å². The molecule has 1 spiro atoms. The summed E-state index contributed by atoms with van der Waals surface area (Å²) in [6, 6.07) is 5.93. The van der Waals surface area contributed by atoms with Crippen molar-refractivity contribution in [2.45, 2.75) is 32.5 Å². The van der Waals surface area contributed by atoms with Gasteiger partial charge in [-0.2, -0.15) is 0 Å². The quantitative estimate of drug-likeness (QED) is 0.820. The molecule has 2 heterocycles. The molecule has 0 aliphatic carbocycles. The minimum absolute atomic E-state index is 0.0710. The second kappa shape index (κ2) is 4.62. The first-order valence-corrected chi connectivity index (χ1v) is 6.90. The Morgan fingerprint density at radius 2 is 2.05 bits per heavy atom. The van der Waals surface area contributed by atoms with Gasteiger partial charge in [-0.05, 0) is 25.3 Å². The van der Waals surface area contributed by atoms with Crippen LogP contribution >= 0.6 is 0 Å². The van der Waals surface area contributed by atoms with Crippen molar-refractivity contribution in [1.29, 1.82) is 0 Å². The van der Waals surface area contributed by atoms with Crippen molar-refractivity contribution in [1.82, 2.24) is 0 Å². The molecule has 2 aliphatic rings. The molecule has 0 atom stereocenters. The highest BCUT2D eigenvalue weighted by Gasteiger charge is 2.54. The van der Waals surface area contributed by atoms with Gasteiger partial charge in [-0.3, -0.25) is 4.79 Å². The number of anilines is 1. The monoisotopic (exact) mass is 261 g/mol. The van der Waals surface area contributed by atoms with Crippen molar-refractivity contribution in [2.75, 3.05) is 24.7 Å². The minimum Gasteiger partial charge on any atom is -0.338 e. The van der Waals surface area contributed by atoms with E-state index in [1.807, 2.05) is 30.0 Å². The number of amides is 1. The zero-order valence-electron chi connectivity index (χ0n) is 11.4. The molecule has 1 saturated heterocycles. The molecule has 2 aliphatic heterocycles. The molecule has 102 valence electrons. The molecule has 1 aromatic rings. The number of hydrogen-bond donors (Lipinski definition) is 0. The van der Waals surface area contributed by atoms with Gasteiger partial charge in [-0.25, -0.2) is 0 Å². The SMILES string of the molecule is CCCN1C(=O)C2(OCCCO2)c2cccc(C)c21. The predicted molar refractivity (Wildman–Crippen MR) is 72.0 cm³/mol. The molecule has 0 radical (unpaired) electrons. The minimum atomic E-state index is -1.19. The highest BCUT2D eigenvalue weighted by molar-refractivity contribution is 6.06. The second-order valence-corrected chi connectivity index (χ2v) is 5.09. The van der Waals surface area contributed by atoms with Crippen LogP contribution in [0.5, 0.6) is 0 Å². The average molecular weight is 261 g/mol. The number of hydrogen-bond acceptors (Lipinski definition) is 3. The maximum Gasteiger partial charge on any atom is 0.292 e. The standard InChI is InChI=1S/C15H19NO3/c1-3-8-16-13-11(2)6-4-7-12(13)15(14(16)17)18-9-5-10-19-15/h4,6-7H,3,5,8-10H2,1-2H3. The van der Waals surface area contributed by atoms with Gasteiger partial charge >= 0.3 is 0 Å². The Kier molecular flexibility index (Phi) is 3.07. The highest BCUT2D eigenvalue weighted by Crippen LogP contribution is 2.46. The van der Waals surface area contributed by atoms with Crippen LogP contribution in [0, 0.1) is 6.92 Å². The van der Waals surface area contributed by atoms with Crippen LogP contribution in [0.1, 0.15) is 30.9 Å². The van der Waals surface area contributed by atoms with Gasteiger partial charge in [0.05, 0.1) is 18.9 Å². The number of aryl methyl sites for hydroxylation is 1. The van der Waals surface area contributed by atoms with E-state index in [2.05, 4.69) is 6.92 Å². The molecule has 4 nitrogen and oxygen atoms in total. The first-order chi connectivity index (χ1) is 9.20. The Morgan fingerprint density at radius 3 is 2.74 bits per heavy atom. The smallest absolute Gasteiger partial charge is 0.292 e. The van der Waals surface area contributed by atoms with Crippen LogP contribution in [-0.4, -0.2) is 25.7 Å². The summed E-state index contributed by atoms with van der Waals surface area (Å²) in [5, 5.41) is 0. The number of para-hydroxylation sites is 1. The molecule has 1 aromatic carbocycles. The molecule has 4 heteroatoms. The number of fused-ring (bicyclic) bond motifs is 2. The topological polar surface area (TPSA) is 38.8 Å². The lowest BCUT2D eigenvalue weighted by atomic mass is 10.0.